The highest BCUT2D eigenvalue weighted by molar-refractivity contribution is 5.17. The van der Waals surface area contributed by atoms with E-state index in [1.165, 1.54) is 16.7 Å². The molecule has 0 amide bonds. The molecule has 0 saturated carbocycles. The molecule has 2 heteroatoms. The Bertz CT molecular complexity index is 452. The Labute approximate surface area is 103 Å². The normalized spacial score (nSPS) is 9.62. The maximum atomic E-state index is 2.22. The van der Waals surface area contributed by atoms with Crippen molar-refractivity contribution in [3.63, 3.8) is 0 Å². The highest BCUT2D eigenvalue weighted by atomic mass is 35.5. The second-order valence-corrected chi connectivity index (χ2v) is 3.97. The first-order valence-electron chi connectivity index (χ1n) is 5.26. The first-order chi connectivity index (χ1) is 7.25. The zero-order valence-corrected chi connectivity index (χ0v) is 10.4. The standard InChI is InChI=1S/C14H16N.ClH/c1-12-8-9-15(10-13(12)2)11-14-6-4-3-5-7-14;/h3-10H,11H2,1-2H3;1H/q+1;/p-1. The van der Waals surface area contributed by atoms with Gasteiger partial charge in [-0.05, 0) is 19.4 Å². The molecule has 1 nitrogen and oxygen atoms in total. The number of benzene rings is 1. The molecule has 0 unspecified atom stereocenters. The third kappa shape index (κ3) is 3.07. The van der Waals surface area contributed by atoms with Crippen LogP contribution >= 0.6 is 0 Å². The van der Waals surface area contributed by atoms with Crippen molar-refractivity contribution in [2.24, 2.45) is 0 Å². The van der Waals surface area contributed by atoms with E-state index in [2.05, 4.69) is 67.2 Å². The largest absolute Gasteiger partial charge is 1.00 e. The maximum Gasteiger partial charge on any atom is 0.173 e. The van der Waals surface area contributed by atoms with Gasteiger partial charge in [0.15, 0.2) is 18.9 Å². The SMILES string of the molecule is Cc1cc[n+](Cc2ccccc2)cc1C.[Cl-]. The Morgan fingerprint density at radius 1 is 0.938 bits per heavy atom. The van der Waals surface area contributed by atoms with Crippen molar-refractivity contribution in [2.75, 3.05) is 0 Å². The predicted octanol–water partition coefficient (Wildman–Crippen LogP) is -0.357. The minimum atomic E-state index is 0. The number of pyridine rings is 1. The molecule has 2 rings (SSSR count). The first kappa shape index (κ1) is 12.7. The van der Waals surface area contributed by atoms with Gasteiger partial charge in [-0.1, -0.05) is 30.3 Å². The number of nitrogens with zero attached hydrogens (tertiary/aromatic N) is 1. The quantitative estimate of drug-likeness (QED) is 0.624. The molecule has 1 aromatic heterocycles. The van der Waals surface area contributed by atoms with Gasteiger partial charge in [-0.25, -0.2) is 4.57 Å². The van der Waals surface area contributed by atoms with Crippen LogP contribution in [0.15, 0.2) is 48.8 Å². The van der Waals surface area contributed by atoms with Gasteiger partial charge in [-0.15, -0.1) is 0 Å². The van der Waals surface area contributed by atoms with Gasteiger partial charge >= 0.3 is 0 Å². The minimum Gasteiger partial charge on any atom is -1.00 e. The van der Waals surface area contributed by atoms with Crippen LogP contribution in [0.1, 0.15) is 16.7 Å². The van der Waals surface area contributed by atoms with Gasteiger partial charge < -0.3 is 12.4 Å². The highest BCUT2D eigenvalue weighted by Crippen LogP contribution is 2.02. The molecule has 16 heavy (non-hydrogen) atoms. The lowest BCUT2D eigenvalue weighted by Gasteiger charge is -2.00. The number of hydrogen-bond donors (Lipinski definition) is 0. The van der Waals surface area contributed by atoms with Crippen molar-refractivity contribution < 1.29 is 17.0 Å². The van der Waals surface area contributed by atoms with Crippen LogP contribution in [0.4, 0.5) is 0 Å². The molecule has 0 aliphatic carbocycles. The molecule has 0 radical (unpaired) electrons. The van der Waals surface area contributed by atoms with Crippen LogP contribution in [0, 0.1) is 13.8 Å². The van der Waals surface area contributed by atoms with Gasteiger partial charge in [0.1, 0.15) is 0 Å². The molecule has 0 saturated heterocycles. The second kappa shape index (κ2) is 5.66. The van der Waals surface area contributed by atoms with Gasteiger partial charge in [-0.3, -0.25) is 0 Å². The first-order valence-corrected chi connectivity index (χ1v) is 5.26. The third-order valence-electron chi connectivity index (χ3n) is 2.71. The Morgan fingerprint density at radius 3 is 2.25 bits per heavy atom. The van der Waals surface area contributed by atoms with Crippen molar-refractivity contribution in [1.29, 1.82) is 0 Å². The van der Waals surface area contributed by atoms with Crippen LogP contribution in [0.5, 0.6) is 0 Å². The van der Waals surface area contributed by atoms with E-state index < -0.39 is 0 Å². The van der Waals surface area contributed by atoms with Crippen molar-refractivity contribution in [3.8, 4) is 0 Å². The lowest BCUT2D eigenvalue weighted by Crippen LogP contribution is -3.00. The molecular formula is C14H16ClN. The van der Waals surface area contributed by atoms with Crippen molar-refractivity contribution >= 4 is 0 Å². The highest BCUT2D eigenvalue weighted by Gasteiger charge is 2.03. The summed E-state index contributed by atoms with van der Waals surface area (Å²) in [6.07, 6.45) is 4.33. The second-order valence-electron chi connectivity index (χ2n) is 3.97. The summed E-state index contributed by atoms with van der Waals surface area (Å²) in [6.45, 7) is 5.24. The molecule has 0 bridgehead atoms. The smallest absolute Gasteiger partial charge is 0.173 e. The van der Waals surface area contributed by atoms with Gasteiger partial charge in [0, 0.05) is 17.2 Å². The maximum absolute atomic E-state index is 2.22. The molecule has 0 aliphatic rings. The van der Waals surface area contributed by atoms with E-state index in [-0.39, 0.29) is 12.4 Å². The Morgan fingerprint density at radius 2 is 1.62 bits per heavy atom. The number of aromatic nitrogens is 1. The average Bonchev–Trinajstić information content (AvgIpc) is 2.25. The van der Waals surface area contributed by atoms with E-state index in [1.807, 2.05) is 0 Å². The Hall–Kier alpha value is -1.34. The molecule has 0 spiro atoms. The van der Waals surface area contributed by atoms with E-state index in [0.29, 0.717) is 0 Å². The topological polar surface area (TPSA) is 3.88 Å². The summed E-state index contributed by atoms with van der Waals surface area (Å²) in [5.41, 5.74) is 4.03. The lowest BCUT2D eigenvalue weighted by molar-refractivity contribution is -0.688. The van der Waals surface area contributed by atoms with Gasteiger partial charge in [-0.2, -0.15) is 0 Å². The van der Waals surface area contributed by atoms with E-state index in [1.54, 1.807) is 0 Å². The van der Waals surface area contributed by atoms with Gasteiger partial charge in [0.05, 0.1) is 0 Å². The fourth-order valence-corrected chi connectivity index (χ4v) is 1.63. The van der Waals surface area contributed by atoms with Gasteiger partial charge in [0.2, 0.25) is 0 Å². The van der Waals surface area contributed by atoms with Crippen LogP contribution in [0.3, 0.4) is 0 Å². The number of hydrogen-bond acceptors (Lipinski definition) is 0. The van der Waals surface area contributed by atoms with Crippen LogP contribution in [-0.4, -0.2) is 0 Å². The summed E-state index contributed by atoms with van der Waals surface area (Å²) >= 11 is 0. The zero-order valence-electron chi connectivity index (χ0n) is 9.65. The van der Waals surface area contributed by atoms with Gasteiger partial charge in [0.25, 0.3) is 0 Å². The molecule has 1 aromatic carbocycles. The lowest BCUT2D eigenvalue weighted by atomic mass is 10.2. The third-order valence-corrected chi connectivity index (χ3v) is 2.71. The minimum absolute atomic E-state index is 0. The van der Waals surface area contributed by atoms with E-state index in [0.717, 1.165) is 6.54 Å². The molecule has 1 heterocycles. The number of halogens is 1. The molecule has 0 aliphatic heterocycles. The number of aryl methyl sites for hydroxylation is 2. The molecule has 2 aromatic rings. The van der Waals surface area contributed by atoms with E-state index in [9.17, 15) is 0 Å². The summed E-state index contributed by atoms with van der Waals surface area (Å²) in [7, 11) is 0. The summed E-state index contributed by atoms with van der Waals surface area (Å²) in [6, 6.07) is 12.7. The molecule has 84 valence electrons. The Kier molecular flexibility index (Phi) is 4.51. The fourth-order valence-electron chi connectivity index (χ4n) is 1.63. The number of rotatable bonds is 2. The van der Waals surface area contributed by atoms with Crippen molar-refractivity contribution in [1.82, 2.24) is 0 Å². The molecule has 0 atom stereocenters. The summed E-state index contributed by atoms with van der Waals surface area (Å²) in [4.78, 5) is 0. The molecule has 0 fully saturated rings. The van der Waals surface area contributed by atoms with E-state index >= 15 is 0 Å². The Balaban J connectivity index is 0.00000128. The average molecular weight is 234 g/mol. The van der Waals surface area contributed by atoms with Crippen LogP contribution in [0.25, 0.3) is 0 Å². The summed E-state index contributed by atoms with van der Waals surface area (Å²) in [5, 5.41) is 0. The van der Waals surface area contributed by atoms with Crippen molar-refractivity contribution in [2.45, 2.75) is 20.4 Å². The molecular weight excluding hydrogens is 218 g/mol. The molecule has 0 N–H and O–H groups in total. The predicted molar refractivity (Wildman–Crippen MR) is 61.7 cm³/mol. The van der Waals surface area contributed by atoms with E-state index in [4.69, 9.17) is 0 Å². The van der Waals surface area contributed by atoms with Crippen molar-refractivity contribution in [3.05, 3.63) is 65.5 Å². The monoisotopic (exact) mass is 233 g/mol. The van der Waals surface area contributed by atoms with Crippen LogP contribution in [-0.2, 0) is 6.54 Å². The fraction of sp³-hybridized carbons (Fsp3) is 0.214. The van der Waals surface area contributed by atoms with Crippen LogP contribution < -0.4 is 17.0 Å². The zero-order chi connectivity index (χ0) is 10.7. The summed E-state index contributed by atoms with van der Waals surface area (Å²) < 4.78 is 2.22. The summed E-state index contributed by atoms with van der Waals surface area (Å²) in [5.74, 6) is 0. The van der Waals surface area contributed by atoms with Crippen LogP contribution in [0.2, 0.25) is 0 Å².